The minimum atomic E-state index is -0.472. The molecule has 0 bridgehead atoms. The number of rotatable bonds is 2. The number of amides is 1. The number of benzene rings is 1. The van der Waals surface area contributed by atoms with Gasteiger partial charge in [-0.05, 0) is 45.7 Å². The lowest BCUT2D eigenvalue weighted by Crippen LogP contribution is -2.52. The Kier molecular flexibility index (Phi) is 4.76. The normalized spacial score (nSPS) is 23.5. The molecular weight excluding hydrogens is 370 g/mol. The number of carbonyl (C=O) groups excluding carboxylic acids is 1. The highest BCUT2D eigenvalue weighted by molar-refractivity contribution is 9.10. The predicted octanol–water partition coefficient (Wildman–Crippen LogP) is 3.67. The second kappa shape index (κ2) is 6.67. The Labute approximate surface area is 151 Å². The van der Waals surface area contributed by atoms with Crippen molar-refractivity contribution in [2.45, 2.75) is 51.4 Å². The van der Waals surface area contributed by atoms with Crippen LogP contribution < -0.4 is 10.6 Å². The molecule has 0 spiro atoms. The van der Waals surface area contributed by atoms with Crippen molar-refractivity contribution in [3.8, 4) is 0 Å². The Balaban J connectivity index is 1.66. The molecule has 6 heteroatoms. The first-order valence-corrected chi connectivity index (χ1v) is 9.11. The molecule has 0 saturated carbocycles. The highest BCUT2D eigenvalue weighted by atomic mass is 79.9. The third-order valence-electron chi connectivity index (χ3n) is 4.17. The molecule has 1 saturated heterocycles. The van der Waals surface area contributed by atoms with Gasteiger partial charge in [-0.15, -0.1) is 0 Å². The average Bonchev–Trinajstić information content (AvgIpc) is 3.14. The lowest BCUT2D eigenvalue weighted by Gasteiger charge is -2.32. The molecule has 1 fully saturated rings. The Morgan fingerprint density at radius 2 is 2.17 bits per heavy atom. The van der Waals surface area contributed by atoms with Gasteiger partial charge in [0.1, 0.15) is 11.8 Å². The first-order chi connectivity index (χ1) is 11.3. The summed E-state index contributed by atoms with van der Waals surface area (Å²) in [7, 11) is 0. The van der Waals surface area contributed by atoms with Crippen molar-refractivity contribution in [3.05, 3.63) is 40.5 Å². The Morgan fingerprint density at radius 1 is 1.38 bits per heavy atom. The van der Waals surface area contributed by atoms with Crippen LogP contribution in [-0.2, 0) is 4.74 Å². The molecule has 0 aliphatic carbocycles. The molecule has 2 aliphatic heterocycles. The maximum Gasteiger partial charge on any atom is 0.410 e. The van der Waals surface area contributed by atoms with E-state index >= 15 is 0 Å². The average molecular weight is 394 g/mol. The molecule has 2 N–H and O–H groups in total. The largest absolute Gasteiger partial charge is 0.444 e. The fourth-order valence-electron chi connectivity index (χ4n) is 3.14. The molecular formula is C18H24BrN3O2. The summed E-state index contributed by atoms with van der Waals surface area (Å²) in [6.45, 7) is 6.44. The van der Waals surface area contributed by atoms with E-state index in [1.54, 1.807) is 0 Å². The number of halogens is 1. The molecule has 2 atom stereocenters. The molecule has 24 heavy (non-hydrogen) atoms. The fraction of sp³-hybridized carbons (Fsp3) is 0.500. The van der Waals surface area contributed by atoms with Crippen LogP contribution in [0.15, 0.2) is 34.9 Å². The summed E-state index contributed by atoms with van der Waals surface area (Å²) in [4.78, 5) is 14.3. The van der Waals surface area contributed by atoms with Crippen molar-refractivity contribution < 1.29 is 9.53 Å². The van der Waals surface area contributed by atoms with Crippen LogP contribution in [0.1, 0.15) is 39.2 Å². The van der Waals surface area contributed by atoms with E-state index in [4.69, 9.17) is 4.74 Å². The van der Waals surface area contributed by atoms with Crippen LogP contribution in [-0.4, -0.2) is 35.3 Å². The number of ether oxygens (including phenoxy) is 1. The van der Waals surface area contributed by atoms with E-state index in [1.807, 2.05) is 44.0 Å². The van der Waals surface area contributed by atoms with Gasteiger partial charge in [-0.1, -0.05) is 28.1 Å². The van der Waals surface area contributed by atoms with E-state index in [0.29, 0.717) is 0 Å². The maximum atomic E-state index is 12.4. The molecule has 3 rings (SSSR count). The number of nitrogens with one attached hydrogen (secondary N) is 2. The third-order valence-corrected chi connectivity index (χ3v) is 4.66. The maximum absolute atomic E-state index is 12.4. The van der Waals surface area contributed by atoms with E-state index in [-0.39, 0.29) is 18.3 Å². The van der Waals surface area contributed by atoms with Gasteiger partial charge < -0.3 is 20.3 Å². The summed E-state index contributed by atoms with van der Waals surface area (Å²) >= 11 is 3.50. The van der Waals surface area contributed by atoms with E-state index in [1.165, 1.54) is 0 Å². The first-order valence-electron chi connectivity index (χ1n) is 8.32. The van der Waals surface area contributed by atoms with E-state index in [2.05, 4.69) is 38.7 Å². The summed E-state index contributed by atoms with van der Waals surface area (Å²) in [6, 6.07) is 8.24. The summed E-state index contributed by atoms with van der Waals surface area (Å²) in [5.41, 5.74) is 1.68. The van der Waals surface area contributed by atoms with Crippen LogP contribution in [0, 0.1) is 0 Å². The standard InChI is InChI=1S/C18H24BrN3O2/c1-18(2,3)24-17(23)22-9-5-8-15(22)16-20-11-14(21-16)12-6-4-7-13(19)10-12/h4,6-7,10-11,15-16,20-21H,5,8-9H2,1-3H3/t15-,16?/m0/s1. The van der Waals surface area contributed by atoms with Crippen molar-refractivity contribution >= 4 is 27.7 Å². The molecule has 2 aliphatic rings. The van der Waals surface area contributed by atoms with Crippen molar-refractivity contribution in [3.63, 3.8) is 0 Å². The molecule has 1 aromatic carbocycles. The quantitative estimate of drug-likeness (QED) is 0.804. The smallest absolute Gasteiger partial charge is 0.410 e. The van der Waals surface area contributed by atoms with Crippen LogP contribution in [0.2, 0.25) is 0 Å². The summed E-state index contributed by atoms with van der Waals surface area (Å²) < 4.78 is 6.59. The molecule has 0 radical (unpaired) electrons. The highest BCUT2D eigenvalue weighted by Crippen LogP contribution is 2.26. The molecule has 1 unspecified atom stereocenters. The predicted molar refractivity (Wildman–Crippen MR) is 98.1 cm³/mol. The number of nitrogens with zero attached hydrogens (tertiary/aromatic N) is 1. The van der Waals surface area contributed by atoms with Gasteiger partial charge in [0.15, 0.2) is 0 Å². The van der Waals surface area contributed by atoms with Gasteiger partial charge in [-0.2, -0.15) is 0 Å². The lowest BCUT2D eigenvalue weighted by molar-refractivity contribution is 0.0196. The zero-order chi connectivity index (χ0) is 17.3. The monoisotopic (exact) mass is 393 g/mol. The summed E-state index contributed by atoms with van der Waals surface area (Å²) in [6.07, 6.45) is 3.72. The highest BCUT2D eigenvalue weighted by Gasteiger charge is 2.38. The van der Waals surface area contributed by atoms with Crippen LogP contribution in [0.5, 0.6) is 0 Å². The van der Waals surface area contributed by atoms with Gasteiger partial charge >= 0.3 is 6.09 Å². The molecule has 0 aromatic heterocycles. The summed E-state index contributed by atoms with van der Waals surface area (Å²) in [5.74, 6) is 0. The number of carbonyl (C=O) groups is 1. The van der Waals surface area contributed by atoms with Crippen LogP contribution >= 0.6 is 15.9 Å². The SMILES string of the molecule is CC(C)(C)OC(=O)N1CCC[C@H]1C1NC=C(c2cccc(Br)c2)N1. The zero-order valence-corrected chi connectivity index (χ0v) is 15.9. The van der Waals surface area contributed by atoms with Crippen molar-refractivity contribution in [2.75, 3.05) is 6.54 Å². The van der Waals surface area contributed by atoms with Gasteiger partial charge in [-0.3, -0.25) is 0 Å². The second-order valence-electron chi connectivity index (χ2n) is 7.24. The van der Waals surface area contributed by atoms with Crippen molar-refractivity contribution in [1.29, 1.82) is 0 Å². The lowest BCUT2D eigenvalue weighted by atomic mass is 10.1. The minimum Gasteiger partial charge on any atom is -0.444 e. The van der Waals surface area contributed by atoms with E-state index in [9.17, 15) is 4.79 Å². The zero-order valence-electron chi connectivity index (χ0n) is 14.3. The van der Waals surface area contributed by atoms with Crippen LogP contribution in [0.25, 0.3) is 5.70 Å². The molecule has 1 amide bonds. The molecule has 2 heterocycles. The Hall–Kier alpha value is -1.69. The fourth-order valence-corrected chi connectivity index (χ4v) is 3.54. The first kappa shape index (κ1) is 17.1. The Bertz CT molecular complexity index is 654. The Morgan fingerprint density at radius 3 is 2.88 bits per heavy atom. The number of hydrogen-bond donors (Lipinski definition) is 2. The molecule has 1 aromatic rings. The number of likely N-dealkylation sites (tertiary alicyclic amines) is 1. The van der Waals surface area contributed by atoms with Crippen LogP contribution in [0.3, 0.4) is 0 Å². The van der Waals surface area contributed by atoms with Gasteiger partial charge in [0.05, 0.1) is 11.7 Å². The minimum absolute atomic E-state index is 0.00833. The van der Waals surface area contributed by atoms with Gasteiger partial charge in [-0.25, -0.2) is 4.79 Å². The van der Waals surface area contributed by atoms with E-state index < -0.39 is 5.60 Å². The number of hydrogen-bond acceptors (Lipinski definition) is 4. The van der Waals surface area contributed by atoms with E-state index in [0.717, 1.165) is 35.1 Å². The summed E-state index contributed by atoms with van der Waals surface area (Å²) in [5, 5.41) is 6.88. The van der Waals surface area contributed by atoms with Crippen molar-refractivity contribution in [1.82, 2.24) is 15.5 Å². The van der Waals surface area contributed by atoms with Crippen LogP contribution in [0.4, 0.5) is 4.79 Å². The van der Waals surface area contributed by atoms with Gasteiger partial charge in [0, 0.05) is 22.8 Å². The van der Waals surface area contributed by atoms with Gasteiger partial charge in [0.25, 0.3) is 0 Å². The second-order valence-corrected chi connectivity index (χ2v) is 8.16. The topological polar surface area (TPSA) is 53.6 Å². The van der Waals surface area contributed by atoms with Gasteiger partial charge in [0.2, 0.25) is 0 Å². The van der Waals surface area contributed by atoms with Crippen molar-refractivity contribution in [2.24, 2.45) is 0 Å². The molecule has 130 valence electrons. The third kappa shape index (κ3) is 3.86. The molecule has 5 nitrogen and oxygen atoms in total.